The van der Waals surface area contributed by atoms with Crippen LogP contribution in [0.25, 0.3) is 0 Å². The summed E-state index contributed by atoms with van der Waals surface area (Å²) in [5.41, 5.74) is -5.20. The molecule has 0 aliphatic rings. The van der Waals surface area contributed by atoms with Crippen molar-refractivity contribution in [2.75, 3.05) is 18.0 Å². The normalized spacial score (nSPS) is 10.7. The maximum atomic E-state index is 12.8. The molecule has 0 aliphatic heterocycles. The average molecular weight is 519 g/mol. The van der Waals surface area contributed by atoms with Gasteiger partial charge in [-0.2, -0.15) is 13.2 Å². The van der Waals surface area contributed by atoms with Crippen molar-refractivity contribution in [2.24, 2.45) is 0 Å². The van der Waals surface area contributed by atoms with Gasteiger partial charge in [-0.05, 0) is 18.9 Å². The maximum absolute atomic E-state index is 12.8. The van der Waals surface area contributed by atoms with Gasteiger partial charge >= 0.3 is 17.6 Å². The van der Waals surface area contributed by atoms with Crippen LogP contribution in [0.5, 0.6) is 5.75 Å². The van der Waals surface area contributed by atoms with Crippen LogP contribution < -0.4 is 4.90 Å². The first-order valence-corrected chi connectivity index (χ1v) is 10.1. The number of hydrogen-bond donors (Lipinski definition) is 1. The molecule has 0 saturated heterocycles. The number of benzene rings is 2. The molecule has 17 heteroatoms. The molecule has 0 aromatic heterocycles. The van der Waals surface area contributed by atoms with Crippen molar-refractivity contribution >= 4 is 28.4 Å². The first kappa shape index (κ1) is 29.5. The third-order valence-corrected chi connectivity index (χ3v) is 4.47. The molecule has 0 amide bonds. The summed E-state index contributed by atoms with van der Waals surface area (Å²) in [5.74, 6) is -0.709. The fourth-order valence-corrected chi connectivity index (χ4v) is 3.10. The zero-order valence-electron chi connectivity index (χ0n) is 18.8. The molecular weight excluding hydrogens is 499 g/mol. The van der Waals surface area contributed by atoms with Gasteiger partial charge in [-0.15, -0.1) is 0 Å². The Bertz CT molecular complexity index is 1120. The molecule has 196 valence electrons. The lowest BCUT2D eigenvalue weighted by Gasteiger charge is -2.23. The Morgan fingerprint density at radius 3 is 1.56 bits per heavy atom. The van der Waals surface area contributed by atoms with E-state index in [1.807, 2.05) is 0 Å². The van der Waals surface area contributed by atoms with Crippen molar-refractivity contribution in [3.63, 3.8) is 0 Å². The molecule has 0 atom stereocenters. The number of halogens is 3. The molecule has 14 nitrogen and oxygen atoms in total. The summed E-state index contributed by atoms with van der Waals surface area (Å²) in [5, 5.41) is 51.9. The Kier molecular flexibility index (Phi) is 10.0. The first-order chi connectivity index (χ1) is 16.7. The standard InChI is InChI=1S/C13H16F3N3O4.C6H4N2O5/c1-3-5-17(6-4-2)12-10(18(20)21)7-9(13(14,15)16)8-11(12)19(22)23;9-5-3-1-2-4(7(10)11)6(5)8(12)13/h7-8H,3-6H2,1-2H3;1-3,9H. The first-order valence-electron chi connectivity index (χ1n) is 10.1. The third kappa shape index (κ3) is 7.21. The molecule has 2 aromatic carbocycles. The molecular formula is C19H20F3N5O9. The van der Waals surface area contributed by atoms with Crippen LogP contribution in [0.4, 0.5) is 41.6 Å². The van der Waals surface area contributed by atoms with Gasteiger partial charge in [0.25, 0.3) is 11.4 Å². The molecule has 2 aromatic rings. The SMILES string of the molecule is CCCN(CCC)c1c([N+](=O)[O-])cc(C(F)(F)F)cc1[N+](=O)[O-].O=[N+]([O-])c1cccc(O)c1[N+](=O)[O-]. The van der Waals surface area contributed by atoms with Crippen molar-refractivity contribution in [1.29, 1.82) is 0 Å². The number of phenolic OH excluding ortho intramolecular Hbond substituents is 1. The topological polar surface area (TPSA) is 196 Å². The Hall–Kier alpha value is -4.57. The van der Waals surface area contributed by atoms with Crippen molar-refractivity contribution in [3.05, 3.63) is 76.4 Å². The van der Waals surface area contributed by atoms with Crippen LogP contribution in [0.15, 0.2) is 30.3 Å². The molecule has 0 bridgehead atoms. The van der Waals surface area contributed by atoms with E-state index in [4.69, 9.17) is 5.11 Å². The van der Waals surface area contributed by atoms with Crippen molar-refractivity contribution in [1.82, 2.24) is 0 Å². The molecule has 1 N–H and O–H groups in total. The van der Waals surface area contributed by atoms with E-state index in [0.717, 1.165) is 12.1 Å². The van der Waals surface area contributed by atoms with Gasteiger partial charge in [-0.1, -0.05) is 19.9 Å². The highest BCUT2D eigenvalue weighted by Crippen LogP contribution is 2.43. The summed E-state index contributed by atoms with van der Waals surface area (Å²) in [4.78, 5) is 40.3. The molecule has 0 aliphatic carbocycles. The van der Waals surface area contributed by atoms with E-state index in [2.05, 4.69) is 0 Å². The van der Waals surface area contributed by atoms with E-state index in [9.17, 15) is 53.6 Å². The highest BCUT2D eigenvalue weighted by Gasteiger charge is 2.39. The fourth-order valence-electron chi connectivity index (χ4n) is 3.10. The molecule has 0 spiro atoms. The summed E-state index contributed by atoms with van der Waals surface area (Å²) in [6.45, 7) is 4.07. The van der Waals surface area contributed by atoms with Crippen molar-refractivity contribution in [2.45, 2.75) is 32.9 Å². The summed E-state index contributed by atoms with van der Waals surface area (Å²) in [6, 6.07) is 3.84. The van der Waals surface area contributed by atoms with Crippen LogP contribution in [0.2, 0.25) is 0 Å². The van der Waals surface area contributed by atoms with E-state index in [0.29, 0.717) is 25.0 Å². The van der Waals surface area contributed by atoms with E-state index in [1.165, 1.54) is 11.0 Å². The van der Waals surface area contributed by atoms with Gasteiger partial charge in [0.15, 0.2) is 5.69 Å². The molecule has 0 heterocycles. The van der Waals surface area contributed by atoms with E-state index in [1.54, 1.807) is 13.8 Å². The number of nitro groups is 4. The summed E-state index contributed by atoms with van der Waals surface area (Å²) < 4.78 is 38.5. The zero-order valence-corrected chi connectivity index (χ0v) is 18.8. The molecule has 0 radical (unpaired) electrons. The molecule has 2 rings (SSSR count). The van der Waals surface area contributed by atoms with Gasteiger partial charge < -0.3 is 10.0 Å². The lowest BCUT2D eigenvalue weighted by Crippen LogP contribution is -2.27. The van der Waals surface area contributed by atoms with Crippen LogP contribution in [0.1, 0.15) is 32.3 Å². The van der Waals surface area contributed by atoms with Gasteiger partial charge in [0.05, 0.1) is 25.3 Å². The number of para-hydroxylation sites is 1. The quantitative estimate of drug-likeness (QED) is 0.333. The summed E-state index contributed by atoms with van der Waals surface area (Å²) >= 11 is 0. The van der Waals surface area contributed by atoms with Gasteiger partial charge in [-0.25, -0.2) is 0 Å². The van der Waals surface area contributed by atoms with E-state index in [-0.39, 0.29) is 18.8 Å². The summed E-state index contributed by atoms with van der Waals surface area (Å²) in [6.07, 6.45) is -3.83. The minimum Gasteiger partial charge on any atom is -0.502 e. The lowest BCUT2D eigenvalue weighted by molar-refractivity contribution is -0.423. The summed E-state index contributed by atoms with van der Waals surface area (Å²) in [7, 11) is 0. The monoisotopic (exact) mass is 519 g/mol. The number of aromatic hydroxyl groups is 1. The van der Waals surface area contributed by atoms with Gasteiger partial charge in [0, 0.05) is 31.3 Å². The van der Waals surface area contributed by atoms with Crippen molar-refractivity contribution < 1.29 is 38.0 Å². The number of rotatable bonds is 9. The zero-order chi connectivity index (χ0) is 27.8. The highest BCUT2D eigenvalue weighted by molar-refractivity contribution is 5.76. The second kappa shape index (κ2) is 12.2. The van der Waals surface area contributed by atoms with Crippen LogP contribution in [-0.2, 0) is 6.18 Å². The Morgan fingerprint density at radius 2 is 1.25 bits per heavy atom. The second-order valence-electron chi connectivity index (χ2n) is 7.02. The Morgan fingerprint density at radius 1 is 0.806 bits per heavy atom. The molecule has 0 fully saturated rings. The molecule has 0 saturated carbocycles. The Balaban J connectivity index is 0.000000420. The van der Waals surface area contributed by atoms with Crippen molar-refractivity contribution in [3.8, 4) is 5.75 Å². The minimum absolute atomic E-state index is 0.265. The predicted molar refractivity (Wildman–Crippen MR) is 119 cm³/mol. The number of hydrogen-bond acceptors (Lipinski definition) is 10. The maximum Gasteiger partial charge on any atom is 0.416 e. The number of alkyl halides is 3. The minimum atomic E-state index is -4.91. The predicted octanol–water partition coefficient (Wildman–Crippen LogP) is 5.36. The smallest absolute Gasteiger partial charge is 0.416 e. The van der Waals surface area contributed by atoms with Gasteiger partial charge in [-0.3, -0.25) is 40.5 Å². The largest absolute Gasteiger partial charge is 0.502 e. The molecule has 36 heavy (non-hydrogen) atoms. The fraction of sp³-hybridized carbons (Fsp3) is 0.368. The Labute approximate surface area is 200 Å². The molecule has 0 unspecified atom stereocenters. The number of nitrogens with zero attached hydrogens (tertiary/aromatic N) is 5. The highest BCUT2D eigenvalue weighted by atomic mass is 19.4. The van der Waals surface area contributed by atoms with Crippen LogP contribution in [0, 0.1) is 40.5 Å². The van der Waals surface area contributed by atoms with Gasteiger partial charge in [0.1, 0.15) is 0 Å². The van der Waals surface area contributed by atoms with Crippen LogP contribution in [0.3, 0.4) is 0 Å². The lowest BCUT2D eigenvalue weighted by atomic mass is 10.1. The number of anilines is 1. The van der Waals surface area contributed by atoms with E-state index < -0.39 is 59.9 Å². The van der Waals surface area contributed by atoms with Crippen LogP contribution in [-0.4, -0.2) is 37.9 Å². The number of nitro benzene ring substituents is 4. The second-order valence-corrected chi connectivity index (χ2v) is 7.02. The average Bonchev–Trinajstić information content (AvgIpc) is 2.77. The van der Waals surface area contributed by atoms with Gasteiger partial charge in [0.2, 0.25) is 5.75 Å². The van der Waals surface area contributed by atoms with Crippen LogP contribution >= 0.6 is 0 Å². The number of phenols is 1. The van der Waals surface area contributed by atoms with E-state index >= 15 is 0 Å². The third-order valence-electron chi connectivity index (χ3n) is 4.47.